The van der Waals surface area contributed by atoms with Gasteiger partial charge in [0, 0.05) is 24.0 Å². The van der Waals surface area contributed by atoms with Gasteiger partial charge in [0.05, 0.1) is 16.6 Å². The van der Waals surface area contributed by atoms with Crippen LogP contribution >= 0.6 is 0 Å². The number of aromatic nitrogens is 3. The van der Waals surface area contributed by atoms with Crippen LogP contribution < -0.4 is 5.32 Å². The Kier molecular flexibility index (Phi) is 5.84. The summed E-state index contributed by atoms with van der Waals surface area (Å²) in [6, 6.07) is 9.04. The summed E-state index contributed by atoms with van der Waals surface area (Å²) < 4.78 is 5.21. The van der Waals surface area contributed by atoms with E-state index in [2.05, 4.69) is 20.3 Å². The van der Waals surface area contributed by atoms with Gasteiger partial charge in [-0.25, -0.2) is 9.78 Å². The van der Waals surface area contributed by atoms with Crippen LogP contribution in [0.5, 0.6) is 0 Å². The predicted octanol–water partition coefficient (Wildman–Crippen LogP) is 3.62. The third-order valence-corrected chi connectivity index (χ3v) is 5.21. The summed E-state index contributed by atoms with van der Waals surface area (Å²) in [6.07, 6.45) is 10.1. The van der Waals surface area contributed by atoms with Gasteiger partial charge in [0.15, 0.2) is 6.61 Å². The van der Waals surface area contributed by atoms with Gasteiger partial charge in [-0.15, -0.1) is 0 Å². The molecule has 0 saturated heterocycles. The van der Waals surface area contributed by atoms with Crippen molar-refractivity contribution < 1.29 is 14.3 Å². The molecule has 29 heavy (non-hydrogen) atoms. The van der Waals surface area contributed by atoms with Gasteiger partial charge < -0.3 is 15.0 Å². The number of esters is 1. The van der Waals surface area contributed by atoms with Crippen LogP contribution in [-0.4, -0.2) is 39.5 Å². The molecule has 3 aromatic rings. The van der Waals surface area contributed by atoms with E-state index in [1.807, 2.05) is 12.1 Å². The molecule has 2 N–H and O–H groups in total. The lowest BCUT2D eigenvalue weighted by molar-refractivity contribution is -0.125. The molecule has 1 aromatic carbocycles. The molecule has 1 amide bonds. The third-order valence-electron chi connectivity index (χ3n) is 5.21. The molecule has 150 valence electrons. The third kappa shape index (κ3) is 4.80. The van der Waals surface area contributed by atoms with Gasteiger partial charge >= 0.3 is 5.97 Å². The van der Waals surface area contributed by atoms with Crippen molar-refractivity contribution in [3.8, 4) is 11.4 Å². The average Bonchev–Trinajstić information content (AvgIpc) is 3.01. The number of hydrogen-bond acceptors (Lipinski definition) is 5. The Hall–Kier alpha value is -3.22. The molecule has 1 aliphatic rings. The van der Waals surface area contributed by atoms with E-state index in [9.17, 15) is 9.59 Å². The fourth-order valence-electron chi connectivity index (χ4n) is 3.68. The number of benzene rings is 1. The number of carbonyl (C=O) groups excluding carboxylic acids is 2. The summed E-state index contributed by atoms with van der Waals surface area (Å²) in [4.78, 5) is 36.3. The number of H-pyrrole nitrogens is 1. The minimum Gasteiger partial charge on any atom is -0.452 e. The first-order chi connectivity index (χ1) is 14.2. The lowest BCUT2D eigenvalue weighted by Gasteiger charge is -2.16. The standard InChI is InChI=1S/C22H24N4O3/c27-20(24-17-7-3-1-2-4-8-17)14-29-22(28)15-9-10-18-19(12-15)26-21(25-18)16-6-5-11-23-13-16/h5-6,9-13,17H,1-4,7-8,14H2,(H,24,27)(H,25,26). The SMILES string of the molecule is O=C(COC(=O)c1ccc2nc(-c3cccnc3)[nH]c2c1)NC1CCCCCC1. The summed E-state index contributed by atoms with van der Waals surface area (Å²) in [5, 5.41) is 2.98. The minimum atomic E-state index is -0.527. The first kappa shape index (κ1) is 19.1. The Bertz CT molecular complexity index is 992. The number of rotatable bonds is 5. The zero-order valence-electron chi connectivity index (χ0n) is 16.2. The minimum absolute atomic E-state index is 0.191. The van der Waals surface area contributed by atoms with Gasteiger partial charge in [0.1, 0.15) is 5.82 Å². The Morgan fingerprint density at radius 2 is 1.97 bits per heavy atom. The molecule has 7 nitrogen and oxygen atoms in total. The van der Waals surface area contributed by atoms with Crippen molar-refractivity contribution >= 4 is 22.9 Å². The molecule has 1 aliphatic carbocycles. The van der Waals surface area contributed by atoms with E-state index in [-0.39, 0.29) is 18.6 Å². The summed E-state index contributed by atoms with van der Waals surface area (Å²) in [5.74, 6) is -0.0893. The van der Waals surface area contributed by atoms with Crippen LogP contribution in [0.25, 0.3) is 22.4 Å². The number of fused-ring (bicyclic) bond motifs is 1. The lowest BCUT2D eigenvalue weighted by Crippen LogP contribution is -2.37. The van der Waals surface area contributed by atoms with Gasteiger partial charge in [0.2, 0.25) is 0 Å². The first-order valence-electron chi connectivity index (χ1n) is 10.1. The molecule has 0 atom stereocenters. The van der Waals surface area contributed by atoms with Crippen molar-refractivity contribution in [3.05, 3.63) is 48.3 Å². The van der Waals surface area contributed by atoms with Crippen molar-refractivity contribution in [3.63, 3.8) is 0 Å². The molecule has 1 saturated carbocycles. The van der Waals surface area contributed by atoms with Crippen LogP contribution in [0.4, 0.5) is 0 Å². The van der Waals surface area contributed by atoms with Gasteiger partial charge in [-0.1, -0.05) is 25.7 Å². The van der Waals surface area contributed by atoms with Crippen LogP contribution in [0.15, 0.2) is 42.7 Å². The number of carbonyl (C=O) groups is 2. The molecular formula is C22H24N4O3. The maximum Gasteiger partial charge on any atom is 0.338 e. The number of ether oxygens (including phenoxy) is 1. The molecule has 0 aliphatic heterocycles. The molecule has 1 fully saturated rings. The maximum absolute atomic E-state index is 12.4. The highest BCUT2D eigenvalue weighted by Gasteiger charge is 2.17. The predicted molar refractivity (Wildman–Crippen MR) is 109 cm³/mol. The van der Waals surface area contributed by atoms with Gasteiger partial charge in [-0.3, -0.25) is 9.78 Å². The first-order valence-corrected chi connectivity index (χ1v) is 10.1. The van der Waals surface area contributed by atoms with E-state index < -0.39 is 5.97 Å². The van der Waals surface area contributed by atoms with Crippen molar-refractivity contribution in [1.82, 2.24) is 20.3 Å². The van der Waals surface area contributed by atoms with E-state index in [1.165, 1.54) is 12.8 Å². The van der Waals surface area contributed by atoms with Crippen LogP contribution in [0.2, 0.25) is 0 Å². The monoisotopic (exact) mass is 392 g/mol. The molecule has 2 aromatic heterocycles. The quantitative estimate of drug-likeness (QED) is 0.511. The van der Waals surface area contributed by atoms with Crippen molar-refractivity contribution in [1.29, 1.82) is 0 Å². The molecular weight excluding hydrogens is 368 g/mol. The van der Waals surface area contributed by atoms with Crippen LogP contribution in [0, 0.1) is 0 Å². The summed E-state index contributed by atoms with van der Waals surface area (Å²) >= 11 is 0. The molecule has 0 radical (unpaired) electrons. The van der Waals surface area contributed by atoms with E-state index in [0.29, 0.717) is 11.4 Å². The number of imidazole rings is 1. The summed E-state index contributed by atoms with van der Waals surface area (Å²) in [7, 11) is 0. The zero-order chi connectivity index (χ0) is 20.1. The highest BCUT2D eigenvalue weighted by molar-refractivity contribution is 5.95. The van der Waals surface area contributed by atoms with Crippen molar-refractivity contribution in [2.45, 2.75) is 44.6 Å². The number of nitrogens with zero attached hydrogens (tertiary/aromatic N) is 2. The van der Waals surface area contributed by atoms with Crippen molar-refractivity contribution in [2.24, 2.45) is 0 Å². The Balaban J connectivity index is 1.37. The van der Waals surface area contributed by atoms with Crippen LogP contribution in [0.1, 0.15) is 48.9 Å². The maximum atomic E-state index is 12.4. The molecule has 2 heterocycles. The van der Waals surface area contributed by atoms with Crippen molar-refractivity contribution in [2.75, 3.05) is 6.61 Å². The van der Waals surface area contributed by atoms with E-state index in [0.717, 1.165) is 42.3 Å². The fraction of sp³-hybridized carbons (Fsp3) is 0.364. The van der Waals surface area contributed by atoms with E-state index >= 15 is 0 Å². The second kappa shape index (κ2) is 8.86. The largest absolute Gasteiger partial charge is 0.452 e. The normalized spacial score (nSPS) is 15.0. The Labute approximate surface area is 168 Å². The second-order valence-corrected chi connectivity index (χ2v) is 7.39. The van der Waals surface area contributed by atoms with Gasteiger partial charge in [0.25, 0.3) is 5.91 Å². The van der Waals surface area contributed by atoms with E-state index in [4.69, 9.17) is 4.74 Å². The zero-order valence-corrected chi connectivity index (χ0v) is 16.2. The molecule has 7 heteroatoms. The van der Waals surface area contributed by atoms with E-state index in [1.54, 1.807) is 30.6 Å². The molecule has 0 spiro atoms. The topological polar surface area (TPSA) is 97.0 Å². The summed E-state index contributed by atoms with van der Waals surface area (Å²) in [6.45, 7) is -0.267. The Morgan fingerprint density at radius 3 is 2.72 bits per heavy atom. The smallest absolute Gasteiger partial charge is 0.338 e. The number of nitrogens with one attached hydrogen (secondary N) is 2. The van der Waals surface area contributed by atoms with Gasteiger partial charge in [-0.2, -0.15) is 0 Å². The summed E-state index contributed by atoms with van der Waals surface area (Å²) in [5.41, 5.74) is 2.71. The number of amides is 1. The average molecular weight is 392 g/mol. The van der Waals surface area contributed by atoms with Gasteiger partial charge in [-0.05, 0) is 43.2 Å². The van der Waals surface area contributed by atoms with Crippen LogP contribution in [-0.2, 0) is 9.53 Å². The second-order valence-electron chi connectivity index (χ2n) is 7.39. The molecule has 0 bridgehead atoms. The lowest BCUT2D eigenvalue weighted by atomic mass is 10.1. The Morgan fingerprint density at radius 1 is 1.14 bits per heavy atom. The molecule has 4 rings (SSSR count). The number of pyridine rings is 1. The number of aromatic amines is 1. The molecule has 0 unspecified atom stereocenters. The highest BCUT2D eigenvalue weighted by atomic mass is 16.5. The highest BCUT2D eigenvalue weighted by Crippen LogP contribution is 2.21. The van der Waals surface area contributed by atoms with Crippen LogP contribution in [0.3, 0.4) is 0 Å². The number of hydrogen-bond donors (Lipinski definition) is 2. The fourth-order valence-corrected chi connectivity index (χ4v) is 3.68.